The van der Waals surface area contributed by atoms with E-state index in [0.29, 0.717) is 5.56 Å². The minimum atomic E-state index is -1.48. The van der Waals surface area contributed by atoms with E-state index >= 15 is 0 Å². The Balaban J connectivity index is 0.879. The molecule has 9 aromatic carbocycles. The van der Waals surface area contributed by atoms with Crippen molar-refractivity contribution in [3.8, 4) is 0 Å². The zero-order valence-corrected chi connectivity index (χ0v) is 64.0. The summed E-state index contributed by atoms with van der Waals surface area (Å²) in [6, 6.07) is 86.5. The number of benzene rings is 9. The summed E-state index contributed by atoms with van der Waals surface area (Å²) >= 11 is 0. The van der Waals surface area contributed by atoms with E-state index in [9.17, 15) is 9.90 Å². The van der Waals surface area contributed by atoms with Gasteiger partial charge in [-0.15, -0.1) is 0 Å². The summed E-state index contributed by atoms with van der Waals surface area (Å²) < 4.78 is 139. The predicted octanol–water partition coefficient (Wildman–Crippen LogP) is 12.5. The highest BCUT2D eigenvalue weighted by Crippen LogP contribution is 2.41. The van der Waals surface area contributed by atoms with Gasteiger partial charge in [-0.2, -0.15) is 0 Å². The highest BCUT2D eigenvalue weighted by Gasteiger charge is 2.59. The molecule has 4 saturated heterocycles. The first kappa shape index (κ1) is 82.6. The molecule has 4 aliphatic rings. The number of hydrogen-bond donors (Lipinski definition) is 1. The molecule has 22 heteroatoms. The average molecular weight is 1550 g/mol. The van der Waals surface area contributed by atoms with E-state index in [2.05, 4.69) is 0 Å². The Hall–Kier alpha value is -8.35. The van der Waals surface area contributed by atoms with Crippen LogP contribution in [0.2, 0.25) is 0 Å². The molecule has 4 fully saturated rings. The van der Waals surface area contributed by atoms with E-state index < -0.39 is 129 Å². The number of carbonyl (C=O) groups excluding carboxylic acids is 1. The minimum absolute atomic E-state index is 0.0442. The van der Waals surface area contributed by atoms with Gasteiger partial charge >= 0.3 is 5.97 Å². The zero-order valence-electron chi connectivity index (χ0n) is 64.0. The van der Waals surface area contributed by atoms with Crippen LogP contribution in [-0.2, 0) is 148 Å². The second-order valence-electron chi connectivity index (χ2n) is 28.1. The van der Waals surface area contributed by atoms with Crippen LogP contribution in [0.1, 0.15) is 54.9 Å². The number of rotatable bonds is 40. The number of hydrogen-bond acceptors (Lipinski definition) is 22. The van der Waals surface area contributed by atoms with Crippen molar-refractivity contribution < 1.29 is 105 Å². The molecule has 0 bridgehead atoms. The first-order chi connectivity index (χ1) is 55.7. The molecule has 4 heterocycles. The minimum Gasteiger partial charge on any atom is -0.453 e. The Morgan fingerprint density at radius 1 is 0.265 bits per heavy atom. The van der Waals surface area contributed by atoms with Crippen LogP contribution < -0.4 is 0 Å². The van der Waals surface area contributed by atoms with Crippen molar-refractivity contribution in [2.75, 3.05) is 54.9 Å². The van der Waals surface area contributed by atoms with Crippen LogP contribution in [0.5, 0.6) is 0 Å². The maximum absolute atomic E-state index is 14.4. The molecule has 0 radical (unpaired) electrons. The number of esters is 1. The SMILES string of the molecule is CO[C@@H]1[C@H](OCc2ccccc2)[C@@H](O[C@H]2[C@H](OC)[C@H](OCc3ccccc3)[C@@H](O[C@H]3[C@H](OC)[C@H](OCc4ccccc4)[C@@H](O[C@H]4[C@H](OC)[C@H](OCc5ccccc5)[C@@H](O)O[C@@H]4COCc4ccccc4)O[C@@H]3COCc3ccccc3)O[C@@H]2COCc2ccccc2)O[C@H](COCc2ccccc2)[C@H]1OC(=O)c1ccccc1. The summed E-state index contributed by atoms with van der Waals surface area (Å²) in [4.78, 5) is 14.4. The lowest BCUT2D eigenvalue weighted by molar-refractivity contribution is -0.398. The molecule has 0 saturated carbocycles. The highest BCUT2D eigenvalue weighted by molar-refractivity contribution is 5.89. The highest BCUT2D eigenvalue weighted by atomic mass is 16.8. The van der Waals surface area contributed by atoms with Gasteiger partial charge < -0.3 is 99.8 Å². The number of aliphatic hydroxyl groups excluding tert-OH is 1. The molecule has 9 aromatic rings. The average Bonchev–Trinajstić information content (AvgIpc) is 0.763. The molecule has 0 amide bonds. The van der Waals surface area contributed by atoms with Crippen molar-refractivity contribution >= 4 is 5.97 Å². The number of ether oxygens (including phenoxy) is 20. The molecule has 0 aliphatic carbocycles. The molecule has 1 N–H and O–H groups in total. The van der Waals surface area contributed by atoms with Crippen molar-refractivity contribution in [3.63, 3.8) is 0 Å². The zero-order chi connectivity index (χ0) is 77.8. The van der Waals surface area contributed by atoms with Crippen LogP contribution >= 0.6 is 0 Å². The van der Waals surface area contributed by atoms with Gasteiger partial charge in [0.2, 0.25) is 0 Å². The fourth-order valence-corrected chi connectivity index (χ4v) is 14.6. The molecule has 20 atom stereocenters. The monoisotopic (exact) mass is 1550 g/mol. The van der Waals surface area contributed by atoms with Crippen LogP contribution in [0.4, 0.5) is 0 Å². The van der Waals surface area contributed by atoms with Gasteiger partial charge in [-0.1, -0.05) is 261 Å². The lowest BCUT2D eigenvalue weighted by Crippen LogP contribution is -2.69. The standard InChI is InChI=1S/C91H102O22/c1-94-79-76(71(58-98-50-62-32-14-5-15-33-62)106-88(93)83(79)102-54-66-40-22-9-23-41-66)111-90-85(104-56-68-44-26-11-27-45-68)81(96-3)78(73(108-90)60-100-52-64-36-18-7-19-37-64)113-91-86(105-57-69-46-28-12-29-47-69)82(97-4)77(74(109-91)61-101-53-65-38-20-8-21-39-65)112-89-84(103-55-67-42-24-10-25-43-67)80(95-2)75(110-87(92)70-48-30-13-31-49-70)72(107-89)59-99-51-63-34-16-6-17-35-63/h5-49,71-86,88-91,93H,50-61H2,1-4H3/t71-,72-,73-,74-,75-,76-,77-,78-,79+,80+,81+,82+,83+,84+,85+,86+,88+,89-,90-,91-/m1/s1. The number of aliphatic hydroxyl groups is 1. The molecule has 113 heavy (non-hydrogen) atoms. The van der Waals surface area contributed by atoms with Crippen LogP contribution in [0.25, 0.3) is 0 Å². The normalized spacial score (nSPS) is 27.8. The third-order valence-electron chi connectivity index (χ3n) is 20.3. The Morgan fingerprint density at radius 3 is 0.761 bits per heavy atom. The van der Waals surface area contributed by atoms with Crippen molar-refractivity contribution in [2.24, 2.45) is 0 Å². The maximum Gasteiger partial charge on any atom is 0.338 e. The van der Waals surface area contributed by atoms with Gasteiger partial charge in [-0.05, 0) is 56.6 Å². The van der Waals surface area contributed by atoms with Gasteiger partial charge in [-0.25, -0.2) is 4.79 Å². The van der Waals surface area contributed by atoms with Crippen LogP contribution in [0.15, 0.2) is 273 Å². The van der Waals surface area contributed by atoms with Crippen LogP contribution in [0, 0.1) is 0 Å². The molecule has 0 unspecified atom stereocenters. The number of methoxy groups -OCH3 is 4. The van der Waals surface area contributed by atoms with Crippen LogP contribution in [0.3, 0.4) is 0 Å². The molecule has 4 aliphatic heterocycles. The fraction of sp³-hybridized carbons (Fsp3) is 0.396. The summed E-state index contributed by atoms with van der Waals surface area (Å²) in [6.07, 6.45) is -22.8. The van der Waals surface area contributed by atoms with Crippen molar-refractivity contribution in [2.45, 2.75) is 176 Å². The molecule has 0 aromatic heterocycles. The van der Waals surface area contributed by atoms with E-state index in [1.807, 2.05) is 249 Å². The van der Waals surface area contributed by atoms with E-state index in [1.165, 1.54) is 14.2 Å². The largest absolute Gasteiger partial charge is 0.453 e. The molecular formula is C91H102O22. The summed E-state index contributed by atoms with van der Waals surface area (Å²) in [5.41, 5.74) is 7.34. The lowest BCUT2D eigenvalue weighted by atomic mass is 9.94. The van der Waals surface area contributed by atoms with Gasteiger partial charge in [0.15, 0.2) is 31.3 Å². The second kappa shape index (κ2) is 43.4. The van der Waals surface area contributed by atoms with E-state index in [-0.39, 0.29) is 79.3 Å². The molecule has 598 valence electrons. The van der Waals surface area contributed by atoms with Crippen molar-refractivity contribution in [1.82, 2.24) is 0 Å². The van der Waals surface area contributed by atoms with Crippen molar-refractivity contribution in [3.05, 3.63) is 323 Å². The Kier molecular flexibility index (Phi) is 31.7. The molecule has 0 spiro atoms. The first-order valence-electron chi connectivity index (χ1n) is 38.4. The Labute approximate surface area is 661 Å². The predicted molar refractivity (Wildman–Crippen MR) is 415 cm³/mol. The second-order valence-corrected chi connectivity index (χ2v) is 28.1. The fourth-order valence-electron chi connectivity index (χ4n) is 14.6. The topological polar surface area (TPSA) is 222 Å². The van der Waals surface area contributed by atoms with Crippen molar-refractivity contribution in [1.29, 1.82) is 0 Å². The van der Waals surface area contributed by atoms with E-state index in [4.69, 9.17) is 94.7 Å². The van der Waals surface area contributed by atoms with Gasteiger partial charge in [-0.3, -0.25) is 0 Å². The van der Waals surface area contributed by atoms with Gasteiger partial charge in [0.1, 0.15) is 91.6 Å². The Morgan fingerprint density at radius 2 is 0.487 bits per heavy atom. The molecule has 22 nitrogen and oxygen atoms in total. The van der Waals surface area contributed by atoms with E-state index in [0.717, 1.165) is 44.5 Å². The van der Waals surface area contributed by atoms with Gasteiger partial charge in [0.05, 0.1) is 84.8 Å². The summed E-state index contributed by atoms with van der Waals surface area (Å²) in [5.74, 6) is -0.608. The third-order valence-corrected chi connectivity index (χ3v) is 20.3. The van der Waals surface area contributed by atoms with Gasteiger partial charge in [0.25, 0.3) is 0 Å². The smallest absolute Gasteiger partial charge is 0.338 e. The van der Waals surface area contributed by atoms with Crippen LogP contribution in [-0.4, -0.2) is 189 Å². The summed E-state index contributed by atoms with van der Waals surface area (Å²) in [5, 5.41) is 12.0. The number of carbonyl (C=O) groups is 1. The third kappa shape index (κ3) is 23.0. The van der Waals surface area contributed by atoms with E-state index in [1.54, 1.807) is 38.5 Å². The molecule has 13 rings (SSSR count). The first-order valence-corrected chi connectivity index (χ1v) is 38.4. The maximum atomic E-state index is 14.4. The Bertz CT molecular complexity index is 4120. The lowest BCUT2D eigenvalue weighted by Gasteiger charge is -2.52. The quantitative estimate of drug-likeness (QED) is 0.0353. The van der Waals surface area contributed by atoms with Gasteiger partial charge in [0, 0.05) is 28.4 Å². The summed E-state index contributed by atoms with van der Waals surface area (Å²) in [7, 11) is 6.22. The summed E-state index contributed by atoms with van der Waals surface area (Å²) in [6.45, 7) is 0.745. The molecular weight excluding hydrogens is 1440 g/mol.